The first-order valence-electron chi connectivity index (χ1n) is 6.07. The fourth-order valence-corrected chi connectivity index (χ4v) is 2.81. The second kappa shape index (κ2) is 4.89. The molecule has 2 heterocycles. The van der Waals surface area contributed by atoms with E-state index in [1.165, 1.54) is 4.88 Å². The van der Waals surface area contributed by atoms with Crippen LogP contribution in [0.25, 0.3) is 11.0 Å². The van der Waals surface area contributed by atoms with Crippen LogP contribution in [0.5, 0.6) is 0 Å². The Morgan fingerprint density at radius 3 is 2.84 bits per heavy atom. The largest absolute Gasteiger partial charge is 0.397 e. The van der Waals surface area contributed by atoms with Crippen LogP contribution in [0.15, 0.2) is 34.3 Å². The molecular formula is C13H14N4OS. The van der Waals surface area contributed by atoms with E-state index in [4.69, 9.17) is 10.4 Å². The summed E-state index contributed by atoms with van der Waals surface area (Å²) < 4.78 is 4.81. The number of thiophene rings is 1. The van der Waals surface area contributed by atoms with Gasteiger partial charge in [-0.1, -0.05) is 6.07 Å². The molecule has 0 aliphatic heterocycles. The van der Waals surface area contributed by atoms with Gasteiger partial charge >= 0.3 is 0 Å². The maximum absolute atomic E-state index is 5.87. The minimum absolute atomic E-state index is 0.590. The van der Waals surface area contributed by atoms with Crippen molar-refractivity contribution in [2.24, 2.45) is 0 Å². The standard InChI is InChI=1S/C13H14N4OS/c1-2-17(8-9-4-3-7-19-9)11-6-5-10(14)12-13(11)16-18-15-12/h3-7H,2,8,14H2,1H3. The average Bonchev–Trinajstić information content (AvgIpc) is 3.08. The zero-order chi connectivity index (χ0) is 13.2. The van der Waals surface area contributed by atoms with Crippen LogP contribution in [0, 0.1) is 0 Å². The summed E-state index contributed by atoms with van der Waals surface area (Å²) in [5, 5.41) is 9.91. The highest BCUT2D eigenvalue weighted by atomic mass is 32.1. The minimum atomic E-state index is 0.590. The molecule has 0 aliphatic carbocycles. The summed E-state index contributed by atoms with van der Waals surface area (Å²) in [6.45, 7) is 3.84. The molecule has 3 rings (SSSR count). The first-order chi connectivity index (χ1) is 9.29. The first-order valence-corrected chi connectivity index (χ1v) is 6.95. The lowest BCUT2D eigenvalue weighted by atomic mass is 10.2. The number of rotatable bonds is 4. The smallest absolute Gasteiger partial charge is 0.160 e. The predicted molar refractivity (Wildman–Crippen MR) is 77.3 cm³/mol. The minimum Gasteiger partial charge on any atom is -0.397 e. The number of anilines is 2. The highest BCUT2D eigenvalue weighted by Crippen LogP contribution is 2.29. The van der Waals surface area contributed by atoms with Crippen molar-refractivity contribution in [1.29, 1.82) is 0 Å². The van der Waals surface area contributed by atoms with Crippen LogP contribution >= 0.6 is 11.3 Å². The van der Waals surface area contributed by atoms with Crippen molar-refractivity contribution in [1.82, 2.24) is 10.3 Å². The van der Waals surface area contributed by atoms with Crippen molar-refractivity contribution in [3.63, 3.8) is 0 Å². The third-order valence-corrected chi connectivity index (χ3v) is 3.94. The number of nitrogen functional groups attached to an aromatic ring is 1. The predicted octanol–water partition coefficient (Wildman–Crippen LogP) is 2.89. The Kier molecular flexibility index (Phi) is 3.08. The molecule has 0 aliphatic rings. The van der Waals surface area contributed by atoms with Crippen LogP contribution in [-0.4, -0.2) is 16.9 Å². The van der Waals surface area contributed by atoms with Crippen molar-refractivity contribution >= 4 is 33.7 Å². The number of benzene rings is 1. The van der Waals surface area contributed by atoms with E-state index in [-0.39, 0.29) is 0 Å². The second-order valence-electron chi connectivity index (χ2n) is 4.23. The lowest BCUT2D eigenvalue weighted by Crippen LogP contribution is -2.21. The molecule has 19 heavy (non-hydrogen) atoms. The molecule has 0 atom stereocenters. The Morgan fingerprint density at radius 1 is 1.26 bits per heavy atom. The number of hydrogen-bond donors (Lipinski definition) is 1. The molecule has 0 amide bonds. The van der Waals surface area contributed by atoms with Crippen LogP contribution in [0.4, 0.5) is 11.4 Å². The molecule has 98 valence electrons. The van der Waals surface area contributed by atoms with Crippen LogP contribution < -0.4 is 10.6 Å². The quantitative estimate of drug-likeness (QED) is 0.741. The second-order valence-corrected chi connectivity index (χ2v) is 5.26. The fraction of sp³-hybridized carbons (Fsp3) is 0.231. The molecule has 2 aromatic heterocycles. The van der Waals surface area contributed by atoms with Crippen molar-refractivity contribution < 1.29 is 4.63 Å². The zero-order valence-electron chi connectivity index (χ0n) is 10.5. The lowest BCUT2D eigenvalue weighted by molar-refractivity contribution is 0.315. The van der Waals surface area contributed by atoms with Gasteiger partial charge in [-0.15, -0.1) is 11.3 Å². The molecule has 0 saturated heterocycles. The van der Waals surface area contributed by atoms with Gasteiger partial charge in [-0.3, -0.25) is 0 Å². The highest BCUT2D eigenvalue weighted by Gasteiger charge is 2.15. The Hall–Kier alpha value is -2.08. The van der Waals surface area contributed by atoms with Gasteiger partial charge in [-0.2, -0.15) is 0 Å². The summed E-state index contributed by atoms with van der Waals surface area (Å²) >= 11 is 1.75. The lowest BCUT2D eigenvalue weighted by Gasteiger charge is -2.22. The molecule has 0 unspecified atom stereocenters. The third-order valence-electron chi connectivity index (χ3n) is 3.07. The van der Waals surface area contributed by atoms with Crippen LogP contribution in [0.2, 0.25) is 0 Å². The summed E-state index contributed by atoms with van der Waals surface area (Å²) in [7, 11) is 0. The SMILES string of the molecule is CCN(Cc1cccs1)c1ccc(N)c2nonc12. The van der Waals surface area contributed by atoms with Gasteiger partial charge in [-0.05, 0) is 40.8 Å². The van der Waals surface area contributed by atoms with E-state index in [9.17, 15) is 0 Å². The summed E-state index contributed by atoms with van der Waals surface area (Å²) in [6, 6.07) is 8.00. The molecule has 0 fully saturated rings. The molecule has 6 heteroatoms. The van der Waals surface area contributed by atoms with Gasteiger partial charge in [0.15, 0.2) is 11.0 Å². The van der Waals surface area contributed by atoms with Gasteiger partial charge < -0.3 is 10.6 Å². The van der Waals surface area contributed by atoms with Gasteiger partial charge in [0.2, 0.25) is 0 Å². The van der Waals surface area contributed by atoms with E-state index in [2.05, 4.69) is 39.6 Å². The maximum Gasteiger partial charge on any atom is 0.160 e. The topological polar surface area (TPSA) is 68.2 Å². The van der Waals surface area contributed by atoms with Crippen molar-refractivity contribution in [3.05, 3.63) is 34.5 Å². The zero-order valence-corrected chi connectivity index (χ0v) is 11.4. The van der Waals surface area contributed by atoms with E-state index in [1.54, 1.807) is 11.3 Å². The highest BCUT2D eigenvalue weighted by molar-refractivity contribution is 7.09. The molecule has 1 aromatic carbocycles. The normalized spacial score (nSPS) is 11.0. The molecule has 5 nitrogen and oxygen atoms in total. The van der Waals surface area contributed by atoms with Crippen LogP contribution in [0.3, 0.4) is 0 Å². The number of nitrogens with zero attached hydrogens (tertiary/aromatic N) is 3. The molecule has 0 radical (unpaired) electrons. The Balaban J connectivity index is 2.01. The molecule has 2 N–H and O–H groups in total. The van der Waals surface area contributed by atoms with Gasteiger partial charge in [0.25, 0.3) is 0 Å². The number of nitrogens with two attached hydrogens (primary N) is 1. The summed E-state index contributed by atoms with van der Waals surface area (Å²) in [6.07, 6.45) is 0. The molecule has 0 saturated carbocycles. The number of aromatic nitrogens is 2. The van der Waals surface area contributed by atoms with Crippen LogP contribution in [0.1, 0.15) is 11.8 Å². The summed E-state index contributed by atoms with van der Waals surface area (Å²) in [4.78, 5) is 3.54. The van der Waals surface area contributed by atoms with E-state index in [1.807, 2.05) is 12.1 Å². The fourth-order valence-electron chi connectivity index (χ4n) is 2.09. The summed E-state index contributed by atoms with van der Waals surface area (Å²) in [5.41, 5.74) is 8.81. The first kappa shape index (κ1) is 12.0. The van der Waals surface area contributed by atoms with E-state index in [0.717, 1.165) is 24.3 Å². The van der Waals surface area contributed by atoms with E-state index in [0.29, 0.717) is 11.2 Å². The third kappa shape index (κ3) is 2.15. The molecule has 3 aromatic rings. The monoisotopic (exact) mass is 274 g/mol. The number of hydrogen-bond acceptors (Lipinski definition) is 6. The molecule has 0 spiro atoms. The Morgan fingerprint density at radius 2 is 2.11 bits per heavy atom. The summed E-state index contributed by atoms with van der Waals surface area (Å²) in [5.74, 6) is 0. The van der Waals surface area contributed by atoms with E-state index < -0.39 is 0 Å². The molecular weight excluding hydrogens is 260 g/mol. The maximum atomic E-state index is 5.87. The number of fused-ring (bicyclic) bond motifs is 1. The van der Waals surface area contributed by atoms with Gasteiger partial charge in [0.1, 0.15) is 0 Å². The van der Waals surface area contributed by atoms with Crippen molar-refractivity contribution in [2.75, 3.05) is 17.2 Å². The van der Waals surface area contributed by atoms with Crippen molar-refractivity contribution in [3.8, 4) is 0 Å². The molecule has 0 bridgehead atoms. The van der Waals surface area contributed by atoms with Gasteiger partial charge in [0.05, 0.1) is 17.9 Å². The van der Waals surface area contributed by atoms with E-state index >= 15 is 0 Å². The van der Waals surface area contributed by atoms with Crippen LogP contribution in [-0.2, 0) is 6.54 Å². The average molecular weight is 274 g/mol. The Bertz CT molecular complexity index is 677. The Labute approximate surface area is 114 Å². The van der Waals surface area contributed by atoms with Gasteiger partial charge in [0, 0.05) is 11.4 Å². The van der Waals surface area contributed by atoms with Gasteiger partial charge in [-0.25, -0.2) is 4.63 Å². The van der Waals surface area contributed by atoms with Crippen molar-refractivity contribution in [2.45, 2.75) is 13.5 Å².